The van der Waals surface area contributed by atoms with E-state index in [1.54, 1.807) is 6.07 Å². The molecule has 5 rings (SSSR count). The number of nitrogens with zero attached hydrogens (tertiary/aromatic N) is 4. The summed E-state index contributed by atoms with van der Waals surface area (Å²) in [5.41, 5.74) is 1.91. The number of hydrogen-bond acceptors (Lipinski definition) is 6. The van der Waals surface area contributed by atoms with E-state index >= 15 is 0 Å². The van der Waals surface area contributed by atoms with E-state index in [1.165, 1.54) is 39.5 Å². The minimum atomic E-state index is -3.82. The van der Waals surface area contributed by atoms with Gasteiger partial charge in [-0.3, -0.25) is 14.0 Å². The van der Waals surface area contributed by atoms with E-state index in [0.29, 0.717) is 23.5 Å². The number of thiazole rings is 1. The maximum absolute atomic E-state index is 14.3. The number of carbonyl (C=O) groups excluding carboxylic acids is 1. The molecule has 1 aromatic heterocycles. The first-order valence-corrected chi connectivity index (χ1v) is 14.3. The zero-order valence-corrected chi connectivity index (χ0v) is 22.5. The minimum Gasteiger partial charge on any atom is -0.308 e. The zero-order valence-electron chi connectivity index (χ0n) is 20.9. The number of fused-ring (bicyclic) bond motifs is 2. The Labute approximate surface area is 224 Å². The molecule has 0 aliphatic carbocycles. The van der Waals surface area contributed by atoms with Crippen LogP contribution in [0.4, 0.5) is 19.6 Å². The molecule has 1 amide bonds. The first kappa shape index (κ1) is 26.2. The highest BCUT2D eigenvalue weighted by molar-refractivity contribution is 7.92. The number of aryl methyl sites for hydroxylation is 1. The lowest BCUT2D eigenvalue weighted by atomic mass is 10.0. The topological polar surface area (TPSA) is 73.8 Å². The van der Waals surface area contributed by atoms with Crippen molar-refractivity contribution >= 4 is 48.3 Å². The van der Waals surface area contributed by atoms with Gasteiger partial charge in [-0.15, -0.1) is 0 Å². The Bertz CT molecular complexity index is 1600. The van der Waals surface area contributed by atoms with Crippen molar-refractivity contribution in [2.75, 3.05) is 42.9 Å². The molecule has 0 fully saturated rings. The van der Waals surface area contributed by atoms with E-state index in [9.17, 15) is 22.0 Å². The van der Waals surface area contributed by atoms with Crippen LogP contribution in [0.3, 0.4) is 0 Å². The molecule has 11 heteroatoms. The summed E-state index contributed by atoms with van der Waals surface area (Å²) in [5, 5.41) is 0.234. The molecule has 7 nitrogen and oxygen atoms in total. The molecule has 3 aromatic carbocycles. The van der Waals surface area contributed by atoms with Crippen molar-refractivity contribution in [3.8, 4) is 0 Å². The summed E-state index contributed by atoms with van der Waals surface area (Å²) in [6, 6.07) is 15.2. The Morgan fingerprint density at radius 1 is 1.05 bits per heavy atom. The molecule has 0 saturated carbocycles. The van der Waals surface area contributed by atoms with Crippen LogP contribution >= 0.6 is 11.3 Å². The fourth-order valence-electron chi connectivity index (χ4n) is 4.45. The molecule has 0 unspecified atom stereocenters. The maximum Gasteiger partial charge on any atom is 0.264 e. The number of para-hydroxylation sites is 1. The number of sulfonamides is 1. The molecule has 38 heavy (non-hydrogen) atoms. The van der Waals surface area contributed by atoms with Crippen LogP contribution in [0.25, 0.3) is 10.2 Å². The summed E-state index contributed by atoms with van der Waals surface area (Å²) in [6.45, 7) is 1.13. The number of likely N-dealkylation sites (N-methyl/N-ethyl adjacent to an activating group) is 1. The Balaban J connectivity index is 1.45. The molecule has 1 aliphatic rings. The summed E-state index contributed by atoms with van der Waals surface area (Å²) in [7, 11) is -0.112. The summed E-state index contributed by atoms with van der Waals surface area (Å²) in [6.07, 6.45) is 1.54. The van der Waals surface area contributed by atoms with Crippen molar-refractivity contribution in [1.82, 2.24) is 9.88 Å². The molecule has 2 heterocycles. The number of amides is 1. The molecule has 0 N–H and O–H groups in total. The van der Waals surface area contributed by atoms with Crippen LogP contribution in [-0.4, -0.2) is 57.9 Å². The largest absolute Gasteiger partial charge is 0.308 e. The van der Waals surface area contributed by atoms with Crippen LogP contribution in [0, 0.1) is 11.6 Å². The van der Waals surface area contributed by atoms with Crippen LogP contribution in [0.2, 0.25) is 0 Å². The molecule has 1 aliphatic heterocycles. The van der Waals surface area contributed by atoms with Gasteiger partial charge in [-0.25, -0.2) is 22.2 Å². The van der Waals surface area contributed by atoms with E-state index in [-0.39, 0.29) is 27.7 Å². The van der Waals surface area contributed by atoms with Gasteiger partial charge in [-0.05, 0) is 68.9 Å². The number of benzene rings is 3. The molecular weight excluding hydrogens is 530 g/mol. The van der Waals surface area contributed by atoms with Gasteiger partial charge in [-0.2, -0.15) is 0 Å². The Morgan fingerprint density at radius 2 is 1.79 bits per heavy atom. The van der Waals surface area contributed by atoms with Gasteiger partial charge in [0.05, 0.1) is 15.3 Å². The highest BCUT2D eigenvalue weighted by Gasteiger charge is 2.29. The molecular formula is C27H26F2N4O3S2. The number of rotatable bonds is 7. The maximum atomic E-state index is 14.3. The van der Waals surface area contributed by atoms with Crippen LogP contribution in [-0.2, 0) is 16.4 Å². The predicted octanol–water partition coefficient (Wildman–Crippen LogP) is 4.92. The average molecular weight is 557 g/mol. The molecule has 198 valence electrons. The minimum absolute atomic E-state index is 0.00249. The second-order valence-electron chi connectivity index (χ2n) is 9.32. The van der Waals surface area contributed by atoms with Crippen molar-refractivity contribution in [3.05, 3.63) is 83.4 Å². The number of halogens is 2. The molecule has 4 aromatic rings. The van der Waals surface area contributed by atoms with Crippen molar-refractivity contribution in [1.29, 1.82) is 0 Å². The van der Waals surface area contributed by atoms with Crippen molar-refractivity contribution < 1.29 is 22.0 Å². The summed E-state index contributed by atoms with van der Waals surface area (Å²) in [5.74, 6) is -1.93. The fourth-order valence-corrected chi connectivity index (χ4v) is 7.02. The third kappa shape index (κ3) is 5.01. The van der Waals surface area contributed by atoms with Gasteiger partial charge in [-0.1, -0.05) is 29.5 Å². The Morgan fingerprint density at radius 3 is 2.53 bits per heavy atom. The third-order valence-electron chi connectivity index (χ3n) is 6.41. The third-order valence-corrected chi connectivity index (χ3v) is 9.26. The summed E-state index contributed by atoms with van der Waals surface area (Å²) < 4.78 is 56.7. The first-order chi connectivity index (χ1) is 18.1. The average Bonchev–Trinajstić information content (AvgIpc) is 3.32. The summed E-state index contributed by atoms with van der Waals surface area (Å²) in [4.78, 5) is 21.2. The van der Waals surface area contributed by atoms with Crippen LogP contribution in [0.15, 0.2) is 65.6 Å². The van der Waals surface area contributed by atoms with E-state index < -0.39 is 27.6 Å². The number of hydrogen-bond donors (Lipinski definition) is 0. The smallest absolute Gasteiger partial charge is 0.264 e. The Kier molecular flexibility index (Phi) is 7.17. The second kappa shape index (κ2) is 10.4. The normalized spacial score (nSPS) is 13.7. The van der Waals surface area contributed by atoms with Crippen LogP contribution in [0.5, 0.6) is 0 Å². The lowest BCUT2D eigenvalue weighted by Gasteiger charge is -2.30. The molecule has 0 radical (unpaired) electrons. The van der Waals surface area contributed by atoms with Gasteiger partial charge in [0, 0.05) is 31.3 Å². The van der Waals surface area contributed by atoms with E-state index in [1.807, 2.05) is 37.2 Å². The lowest BCUT2D eigenvalue weighted by molar-refractivity contribution is 0.0985. The quantitative estimate of drug-likeness (QED) is 0.323. The molecule has 0 saturated heterocycles. The van der Waals surface area contributed by atoms with Gasteiger partial charge < -0.3 is 4.90 Å². The highest BCUT2D eigenvalue weighted by atomic mass is 32.2. The number of anilines is 2. The van der Waals surface area contributed by atoms with Gasteiger partial charge in [0.2, 0.25) is 0 Å². The van der Waals surface area contributed by atoms with E-state index in [2.05, 4.69) is 4.98 Å². The van der Waals surface area contributed by atoms with E-state index in [0.717, 1.165) is 35.8 Å². The van der Waals surface area contributed by atoms with Gasteiger partial charge in [0.15, 0.2) is 10.9 Å². The predicted molar refractivity (Wildman–Crippen MR) is 146 cm³/mol. The fraction of sp³-hybridized carbons (Fsp3) is 0.259. The first-order valence-electron chi connectivity index (χ1n) is 12.1. The molecule has 0 bridgehead atoms. The van der Waals surface area contributed by atoms with Gasteiger partial charge in [0.1, 0.15) is 11.3 Å². The molecule has 0 atom stereocenters. The second-order valence-corrected chi connectivity index (χ2v) is 12.2. The van der Waals surface area contributed by atoms with Gasteiger partial charge in [0.25, 0.3) is 15.9 Å². The van der Waals surface area contributed by atoms with Crippen molar-refractivity contribution in [3.63, 3.8) is 0 Å². The van der Waals surface area contributed by atoms with Crippen LogP contribution in [0.1, 0.15) is 22.3 Å². The lowest BCUT2D eigenvalue weighted by Crippen LogP contribution is -2.37. The molecule has 0 spiro atoms. The Hall–Kier alpha value is -3.41. The SMILES string of the molecule is CN(C)CCN(C(=O)c1ccc(S(=O)(=O)N2CCCc3ccccc32)cc1)c1nc2c(F)cc(F)cc2s1. The number of aromatic nitrogens is 1. The summed E-state index contributed by atoms with van der Waals surface area (Å²) >= 11 is 1.02. The standard InChI is InChI=1S/C27H26F2N4O3S2/c1-31(2)14-15-32(27-30-25-22(29)16-20(28)17-24(25)37-27)26(34)19-9-11-21(12-10-19)38(35,36)33-13-5-7-18-6-3-4-8-23(18)33/h3-4,6,8-12,16-17H,5,7,13-15H2,1-2H3. The van der Waals surface area contributed by atoms with Crippen LogP contribution < -0.4 is 9.21 Å². The van der Waals surface area contributed by atoms with E-state index in [4.69, 9.17) is 0 Å². The van der Waals surface area contributed by atoms with Crippen molar-refractivity contribution in [2.45, 2.75) is 17.7 Å². The number of carbonyl (C=O) groups is 1. The zero-order chi connectivity index (χ0) is 27.0. The monoisotopic (exact) mass is 556 g/mol. The highest BCUT2D eigenvalue weighted by Crippen LogP contribution is 2.33. The van der Waals surface area contributed by atoms with Gasteiger partial charge >= 0.3 is 0 Å². The van der Waals surface area contributed by atoms with Crippen molar-refractivity contribution in [2.24, 2.45) is 0 Å².